The number of hydrogen-bond acceptors (Lipinski definition) is 4. The van der Waals surface area contributed by atoms with E-state index in [1.165, 1.54) is 17.7 Å². The van der Waals surface area contributed by atoms with Gasteiger partial charge in [0, 0.05) is 36.9 Å². The van der Waals surface area contributed by atoms with Gasteiger partial charge in [-0.05, 0) is 75.3 Å². The average Bonchev–Trinajstić information content (AvgIpc) is 3.21. The van der Waals surface area contributed by atoms with Gasteiger partial charge in [-0.2, -0.15) is 0 Å². The lowest BCUT2D eigenvalue weighted by Gasteiger charge is -2.30. The number of nitrogens with one attached hydrogen (secondary N) is 1. The van der Waals surface area contributed by atoms with Crippen molar-refractivity contribution in [2.24, 2.45) is 0 Å². The van der Waals surface area contributed by atoms with Crippen LogP contribution >= 0.6 is 0 Å². The highest BCUT2D eigenvalue weighted by Gasteiger charge is 2.30. The summed E-state index contributed by atoms with van der Waals surface area (Å²) in [5.41, 5.74) is 4.99. The summed E-state index contributed by atoms with van der Waals surface area (Å²) in [5, 5.41) is 13.6. The largest absolute Gasteiger partial charge is 0.481 e. The van der Waals surface area contributed by atoms with Crippen molar-refractivity contribution in [3.05, 3.63) is 59.2 Å². The summed E-state index contributed by atoms with van der Waals surface area (Å²) in [7, 11) is 1.77. The van der Waals surface area contributed by atoms with Gasteiger partial charge in [-0.15, -0.1) is 0 Å². The first kappa shape index (κ1) is 22.8. The van der Waals surface area contributed by atoms with Crippen LogP contribution in [0.2, 0.25) is 0 Å². The number of ether oxygens (including phenoxy) is 1. The summed E-state index contributed by atoms with van der Waals surface area (Å²) in [6.07, 6.45) is 6.43. The number of rotatable bonds is 6. The predicted molar refractivity (Wildman–Crippen MR) is 130 cm³/mol. The van der Waals surface area contributed by atoms with Gasteiger partial charge in [0.1, 0.15) is 11.6 Å². The number of hydrogen-bond donors (Lipinski definition) is 2. The fourth-order valence-electron chi connectivity index (χ4n) is 5.67. The van der Waals surface area contributed by atoms with E-state index < -0.39 is 11.9 Å². The molecule has 1 aliphatic carbocycles. The second kappa shape index (κ2) is 9.37. The van der Waals surface area contributed by atoms with Crippen LogP contribution < -0.4 is 5.32 Å². The van der Waals surface area contributed by atoms with Crippen molar-refractivity contribution in [1.82, 2.24) is 9.55 Å². The molecular formula is C27H32FN3O3. The molecule has 2 N–H and O–H groups in total. The zero-order valence-electron chi connectivity index (χ0n) is 19.8. The summed E-state index contributed by atoms with van der Waals surface area (Å²) in [6.45, 7) is 2.19. The highest BCUT2D eigenvalue weighted by atomic mass is 19.1. The predicted octanol–water partition coefficient (Wildman–Crippen LogP) is 5.46. The molecule has 2 heterocycles. The van der Waals surface area contributed by atoms with Crippen molar-refractivity contribution in [2.75, 3.05) is 12.4 Å². The normalized spacial score (nSPS) is 23.3. The number of carbonyl (C=O) groups is 1. The Labute approximate surface area is 199 Å². The number of methoxy groups -OCH3 is 1. The number of carboxylic acid groups (broad SMARTS) is 1. The van der Waals surface area contributed by atoms with Crippen molar-refractivity contribution in [1.29, 1.82) is 0 Å². The van der Waals surface area contributed by atoms with Gasteiger partial charge < -0.3 is 19.7 Å². The van der Waals surface area contributed by atoms with Crippen molar-refractivity contribution >= 4 is 22.7 Å². The van der Waals surface area contributed by atoms with Gasteiger partial charge in [-0.25, -0.2) is 9.37 Å². The van der Waals surface area contributed by atoms with E-state index in [1.807, 2.05) is 0 Å². The number of aromatic nitrogens is 2. The van der Waals surface area contributed by atoms with Crippen LogP contribution in [0.4, 0.5) is 10.1 Å². The van der Waals surface area contributed by atoms with Crippen LogP contribution in [0.3, 0.4) is 0 Å². The van der Waals surface area contributed by atoms with Crippen molar-refractivity contribution in [2.45, 2.75) is 76.0 Å². The number of aryl methyl sites for hydroxylation is 1. The van der Waals surface area contributed by atoms with Crippen LogP contribution in [0.5, 0.6) is 0 Å². The maximum Gasteiger partial charge on any atom is 0.311 e. The molecule has 1 aliphatic heterocycles. The van der Waals surface area contributed by atoms with Gasteiger partial charge >= 0.3 is 5.97 Å². The third-order valence-electron chi connectivity index (χ3n) is 7.57. The topological polar surface area (TPSA) is 76.4 Å². The lowest BCUT2D eigenvalue weighted by atomic mass is 9.91. The van der Waals surface area contributed by atoms with Crippen molar-refractivity contribution in [3.63, 3.8) is 0 Å². The molecule has 0 saturated heterocycles. The van der Waals surface area contributed by atoms with Gasteiger partial charge in [-0.3, -0.25) is 4.79 Å². The number of carboxylic acids is 1. The van der Waals surface area contributed by atoms with E-state index in [9.17, 15) is 14.3 Å². The quantitative estimate of drug-likeness (QED) is 0.505. The molecular weight excluding hydrogens is 433 g/mol. The second-order valence-electron chi connectivity index (χ2n) is 9.75. The first-order chi connectivity index (χ1) is 16.4. The maximum atomic E-state index is 13.5. The number of benzene rings is 2. The molecule has 180 valence electrons. The Morgan fingerprint density at radius 3 is 2.59 bits per heavy atom. The van der Waals surface area contributed by atoms with E-state index >= 15 is 0 Å². The molecule has 1 saturated carbocycles. The monoisotopic (exact) mass is 465 g/mol. The molecule has 0 amide bonds. The molecule has 2 atom stereocenters. The zero-order valence-corrected chi connectivity index (χ0v) is 19.8. The average molecular weight is 466 g/mol. The van der Waals surface area contributed by atoms with Crippen molar-refractivity contribution in [3.8, 4) is 0 Å². The number of halogens is 1. The molecule has 3 aromatic rings. The number of fused-ring (bicyclic) bond motifs is 3. The van der Waals surface area contributed by atoms with E-state index in [0.717, 1.165) is 61.1 Å². The highest BCUT2D eigenvalue weighted by molar-refractivity contribution is 5.86. The fourth-order valence-corrected chi connectivity index (χ4v) is 5.67. The molecule has 6 nitrogen and oxygen atoms in total. The zero-order chi connectivity index (χ0) is 23.8. The smallest absolute Gasteiger partial charge is 0.311 e. The summed E-state index contributed by atoms with van der Waals surface area (Å²) < 4.78 is 21.4. The van der Waals surface area contributed by atoms with Crippen LogP contribution in [-0.4, -0.2) is 39.9 Å². The molecule has 1 unspecified atom stereocenters. The van der Waals surface area contributed by atoms with Gasteiger partial charge in [0.05, 0.1) is 23.1 Å². The number of nitrogens with zero attached hydrogens (tertiary/aromatic N) is 2. The second-order valence-corrected chi connectivity index (χ2v) is 9.75. The van der Waals surface area contributed by atoms with Crippen LogP contribution in [0.25, 0.3) is 11.0 Å². The Kier molecular flexibility index (Phi) is 6.30. The molecule has 5 rings (SSSR count). The molecule has 0 bridgehead atoms. The molecule has 2 aliphatic rings. The Morgan fingerprint density at radius 2 is 1.91 bits per heavy atom. The first-order valence-corrected chi connectivity index (χ1v) is 12.2. The van der Waals surface area contributed by atoms with Gasteiger partial charge in [0.15, 0.2) is 0 Å². The molecule has 0 spiro atoms. The van der Waals surface area contributed by atoms with Gasteiger partial charge in [0.25, 0.3) is 0 Å². The maximum absolute atomic E-state index is 13.5. The van der Waals surface area contributed by atoms with E-state index in [0.29, 0.717) is 11.6 Å². The Morgan fingerprint density at radius 1 is 1.18 bits per heavy atom. The Bertz CT molecular complexity index is 1180. The molecule has 7 heteroatoms. The van der Waals surface area contributed by atoms with Gasteiger partial charge in [0.2, 0.25) is 0 Å². The van der Waals surface area contributed by atoms with Crippen LogP contribution in [0.1, 0.15) is 67.9 Å². The number of aliphatic carboxylic acids is 1. The molecule has 1 aromatic heterocycles. The third kappa shape index (κ3) is 4.29. The minimum absolute atomic E-state index is 0.252. The number of imidazole rings is 1. The molecule has 2 aromatic carbocycles. The standard InChI is InChI=1S/C27H32FN3O3/c1-16-3-12-21-23(29-16)13-14-24-26(21)30-25(31(24)19-8-10-20(34-2)11-9-19)15-22(27(32)33)17-4-6-18(28)7-5-17/h4-7,13-14,16,19-20,22,29H,3,8-12,15H2,1-2H3,(H,32,33)/t16-,19?,20?,22?/m0/s1. The van der Waals surface area contributed by atoms with E-state index in [2.05, 4.69) is 28.9 Å². The summed E-state index contributed by atoms with van der Waals surface area (Å²) in [4.78, 5) is 17.4. The van der Waals surface area contributed by atoms with E-state index in [-0.39, 0.29) is 24.4 Å². The SMILES string of the molecule is COC1CCC(n2c(CC(C(=O)O)c3ccc(F)cc3)nc3c4c(ccc32)N[C@@H](C)CC4)CC1. The minimum atomic E-state index is -0.925. The molecule has 1 fully saturated rings. The summed E-state index contributed by atoms with van der Waals surface area (Å²) in [5.74, 6) is -1.30. The Balaban J connectivity index is 1.59. The highest BCUT2D eigenvalue weighted by Crippen LogP contribution is 2.38. The van der Waals surface area contributed by atoms with Gasteiger partial charge in [-0.1, -0.05) is 12.1 Å². The fraction of sp³-hybridized carbons (Fsp3) is 0.481. The lowest BCUT2D eigenvalue weighted by molar-refractivity contribution is -0.138. The van der Waals surface area contributed by atoms with Crippen molar-refractivity contribution < 1.29 is 19.0 Å². The number of anilines is 1. The Hall–Kier alpha value is -2.93. The van der Waals surface area contributed by atoms with E-state index in [4.69, 9.17) is 9.72 Å². The third-order valence-corrected chi connectivity index (χ3v) is 7.57. The minimum Gasteiger partial charge on any atom is -0.481 e. The molecule has 34 heavy (non-hydrogen) atoms. The lowest BCUT2D eigenvalue weighted by Crippen LogP contribution is -2.25. The summed E-state index contributed by atoms with van der Waals surface area (Å²) in [6, 6.07) is 10.7. The van der Waals surface area contributed by atoms with E-state index in [1.54, 1.807) is 19.2 Å². The first-order valence-electron chi connectivity index (χ1n) is 12.2. The van der Waals surface area contributed by atoms with Crippen LogP contribution in [0, 0.1) is 5.82 Å². The van der Waals surface area contributed by atoms with Crippen LogP contribution in [0.15, 0.2) is 36.4 Å². The summed E-state index contributed by atoms with van der Waals surface area (Å²) >= 11 is 0. The molecule has 0 radical (unpaired) electrons. The van der Waals surface area contributed by atoms with Crippen LogP contribution in [-0.2, 0) is 22.4 Å².